The first-order valence-electron chi connectivity index (χ1n) is 6.27. The number of hydrogen-bond donors (Lipinski definition) is 1. The molecule has 3 nitrogen and oxygen atoms in total. The van der Waals surface area contributed by atoms with Gasteiger partial charge in [0.05, 0.1) is 12.7 Å². The predicted molar refractivity (Wildman–Crippen MR) is 76.2 cm³/mol. The Balaban J connectivity index is 2.00. The normalized spacial score (nSPS) is 10.2. The summed E-state index contributed by atoms with van der Waals surface area (Å²) >= 11 is 0. The van der Waals surface area contributed by atoms with Gasteiger partial charge in [0.2, 0.25) is 0 Å². The van der Waals surface area contributed by atoms with Crippen LogP contribution in [0.25, 0.3) is 0 Å². The molecular weight excluding hydrogens is 257 g/mol. The zero-order valence-electron chi connectivity index (χ0n) is 11.4. The van der Waals surface area contributed by atoms with E-state index in [4.69, 9.17) is 0 Å². The fourth-order valence-electron chi connectivity index (χ4n) is 1.79. The largest absolute Gasteiger partial charge is 0.465 e. The van der Waals surface area contributed by atoms with E-state index in [1.165, 1.54) is 13.2 Å². The molecule has 0 aliphatic carbocycles. The Morgan fingerprint density at radius 1 is 1.20 bits per heavy atom. The molecule has 0 radical (unpaired) electrons. The van der Waals surface area contributed by atoms with E-state index in [2.05, 4.69) is 10.1 Å². The van der Waals surface area contributed by atoms with E-state index in [1.807, 2.05) is 6.07 Å². The smallest absolute Gasteiger partial charge is 0.337 e. The van der Waals surface area contributed by atoms with Crippen molar-refractivity contribution in [2.75, 3.05) is 12.4 Å². The molecule has 2 aromatic carbocycles. The topological polar surface area (TPSA) is 38.3 Å². The van der Waals surface area contributed by atoms with Gasteiger partial charge in [-0.3, -0.25) is 0 Å². The van der Waals surface area contributed by atoms with Crippen molar-refractivity contribution in [3.05, 3.63) is 65.0 Å². The molecule has 20 heavy (non-hydrogen) atoms. The van der Waals surface area contributed by atoms with Crippen LogP contribution in [0.15, 0.2) is 42.5 Å². The highest BCUT2D eigenvalue weighted by Crippen LogP contribution is 2.14. The molecule has 0 amide bonds. The quantitative estimate of drug-likeness (QED) is 0.866. The van der Waals surface area contributed by atoms with Crippen LogP contribution in [0, 0.1) is 12.7 Å². The van der Waals surface area contributed by atoms with Gasteiger partial charge in [-0.2, -0.15) is 0 Å². The molecule has 0 atom stereocenters. The van der Waals surface area contributed by atoms with Crippen LogP contribution in [-0.4, -0.2) is 13.1 Å². The highest BCUT2D eigenvalue weighted by Gasteiger charge is 2.04. The Labute approximate surface area is 117 Å². The van der Waals surface area contributed by atoms with Crippen LogP contribution < -0.4 is 5.32 Å². The molecule has 2 aromatic rings. The molecular formula is C16H16FNO2. The lowest BCUT2D eigenvalue weighted by Crippen LogP contribution is -2.03. The van der Waals surface area contributed by atoms with Crippen molar-refractivity contribution in [3.8, 4) is 0 Å². The lowest BCUT2D eigenvalue weighted by atomic mass is 10.1. The van der Waals surface area contributed by atoms with Gasteiger partial charge in [-0.25, -0.2) is 9.18 Å². The molecule has 0 bridgehead atoms. The molecule has 0 fully saturated rings. The van der Waals surface area contributed by atoms with Crippen molar-refractivity contribution < 1.29 is 13.9 Å². The van der Waals surface area contributed by atoms with Gasteiger partial charge in [-0.15, -0.1) is 0 Å². The van der Waals surface area contributed by atoms with E-state index in [9.17, 15) is 9.18 Å². The van der Waals surface area contributed by atoms with Gasteiger partial charge in [-0.1, -0.05) is 12.1 Å². The number of methoxy groups -OCH3 is 1. The maximum Gasteiger partial charge on any atom is 0.337 e. The number of hydrogen-bond acceptors (Lipinski definition) is 3. The van der Waals surface area contributed by atoms with E-state index < -0.39 is 0 Å². The Morgan fingerprint density at radius 2 is 1.90 bits per heavy atom. The van der Waals surface area contributed by atoms with Crippen LogP contribution >= 0.6 is 0 Å². The van der Waals surface area contributed by atoms with Crippen LogP contribution in [0.4, 0.5) is 10.1 Å². The molecule has 0 aromatic heterocycles. The van der Waals surface area contributed by atoms with E-state index in [0.29, 0.717) is 17.7 Å². The number of ether oxygens (including phenoxy) is 1. The average Bonchev–Trinajstić information content (AvgIpc) is 2.48. The monoisotopic (exact) mass is 273 g/mol. The number of esters is 1. The summed E-state index contributed by atoms with van der Waals surface area (Å²) in [6.07, 6.45) is 0. The number of aryl methyl sites for hydroxylation is 1. The summed E-state index contributed by atoms with van der Waals surface area (Å²) in [6, 6.07) is 12.1. The summed E-state index contributed by atoms with van der Waals surface area (Å²) in [6.45, 7) is 2.26. The Kier molecular flexibility index (Phi) is 4.35. The first-order valence-corrected chi connectivity index (χ1v) is 6.27. The Morgan fingerprint density at radius 3 is 2.50 bits per heavy atom. The summed E-state index contributed by atoms with van der Waals surface area (Å²) in [5, 5.41) is 3.17. The second kappa shape index (κ2) is 6.19. The van der Waals surface area contributed by atoms with Crippen molar-refractivity contribution in [2.24, 2.45) is 0 Å². The van der Waals surface area contributed by atoms with Crippen molar-refractivity contribution in [1.82, 2.24) is 0 Å². The fraction of sp³-hybridized carbons (Fsp3) is 0.188. The van der Waals surface area contributed by atoms with E-state index >= 15 is 0 Å². The summed E-state index contributed by atoms with van der Waals surface area (Å²) < 4.78 is 18.0. The number of carbonyl (C=O) groups excluding carboxylic acids is 1. The van der Waals surface area contributed by atoms with Crippen LogP contribution in [0.1, 0.15) is 21.5 Å². The number of nitrogens with one attached hydrogen (secondary N) is 1. The highest BCUT2D eigenvalue weighted by molar-refractivity contribution is 5.89. The van der Waals surface area contributed by atoms with Crippen molar-refractivity contribution in [1.29, 1.82) is 0 Å². The zero-order chi connectivity index (χ0) is 14.5. The fourth-order valence-corrected chi connectivity index (χ4v) is 1.79. The van der Waals surface area contributed by atoms with Crippen LogP contribution in [0.5, 0.6) is 0 Å². The lowest BCUT2D eigenvalue weighted by molar-refractivity contribution is 0.0601. The summed E-state index contributed by atoms with van der Waals surface area (Å²) in [5.74, 6) is -0.567. The van der Waals surface area contributed by atoms with Crippen molar-refractivity contribution in [3.63, 3.8) is 0 Å². The van der Waals surface area contributed by atoms with Gasteiger partial charge >= 0.3 is 5.97 Å². The van der Waals surface area contributed by atoms with Gasteiger partial charge in [0.15, 0.2) is 0 Å². The molecule has 4 heteroatoms. The third kappa shape index (κ3) is 3.35. The molecule has 104 valence electrons. The maximum absolute atomic E-state index is 13.4. The molecule has 0 unspecified atom stereocenters. The molecule has 0 spiro atoms. The summed E-state index contributed by atoms with van der Waals surface area (Å²) in [5.41, 5.74) is 2.86. The van der Waals surface area contributed by atoms with E-state index in [-0.39, 0.29) is 11.8 Å². The summed E-state index contributed by atoms with van der Waals surface area (Å²) in [4.78, 5) is 11.3. The van der Waals surface area contributed by atoms with Gasteiger partial charge < -0.3 is 10.1 Å². The minimum Gasteiger partial charge on any atom is -0.465 e. The maximum atomic E-state index is 13.4. The summed E-state index contributed by atoms with van der Waals surface area (Å²) in [7, 11) is 1.35. The number of rotatable bonds is 4. The number of halogens is 1. The zero-order valence-corrected chi connectivity index (χ0v) is 11.4. The highest BCUT2D eigenvalue weighted by atomic mass is 19.1. The predicted octanol–water partition coefficient (Wildman–Crippen LogP) is 3.53. The average molecular weight is 273 g/mol. The first-order chi connectivity index (χ1) is 9.60. The molecule has 0 aliphatic rings. The molecule has 0 aliphatic heterocycles. The van der Waals surface area contributed by atoms with Crippen LogP contribution in [0.2, 0.25) is 0 Å². The second-order valence-corrected chi connectivity index (χ2v) is 4.51. The van der Waals surface area contributed by atoms with Crippen LogP contribution in [0.3, 0.4) is 0 Å². The van der Waals surface area contributed by atoms with Crippen molar-refractivity contribution in [2.45, 2.75) is 13.5 Å². The molecule has 1 N–H and O–H groups in total. The number of carbonyl (C=O) groups is 1. The number of anilines is 1. The standard InChI is InChI=1S/C16H16FNO2/c1-11-3-4-12(9-15(11)17)10-18-14-7-5-13(6-8-14)16(19)20-2/h3-9,18H,10H2,1-2H3. The molecule has 0 saturated carbocycles. The molecule has 0 saturated heterocycles. The van der Waals surface area contributed by atoms with Crippen molar-refractivity contribution >= 4 is 11.7 Å². The third-order valence-electron chi connectivity index (χ3n) is 3.04. The minimum atomic E-state index is -0.364. The van der Waals surface area contributed by atoms with Gasteiger partial charge in [0.1, 0.15) is 5.82 Å². The first kappa shape index (κ1) is 14.1. The Hall–Kier alpha value is -2.36. The van der Waals surface area contributed by atoms with Gasteiger partial charge in [-0.05, 0) is 48.4 Å². The second-order valence-electron chi connectivity index (χ2n) is 4.51. The third-order valence-corrected chi connectivity index (χ3v) is 3.04. The van der Waals surface area contributed by atoms with Crippen LogP contribution in [-0.2, 0) is 11.3 Å². The molecule has 2 rings (SSSR count). The Bertz CT molecular complexity index is 608. The van der Waals surface area contributed by atoms with E-state index in [1.54, 1.807) is 37.3 Å². The molecule has 0 heterocycles. The lowest BCUT2D eigenvalue weighted by Gasteiger charge is -2.08. The minimum absolute atomic E-state index is 0.203. The van der Waals surface area contributed by atoms with Gasteiger partial charge in [0, 0.05) is 12.2 Å². The number of benzene rings is 2. The van der Waals surface area contributed by atoms with Gasteiger partial charge in [0.25, 0.3) is 0 Å². The SMILES string of the molecule is COC(=O)c1ccc(NCc2ccc(C)c(F)c2)cc1. The van der Waals surface area contributed by atoms with E-state index in [0.717, 1.165) is 11.3 Å².